The molecule has 0 saturated carbocycles. The third-order valence-electron chi connectivity index (χ3n) is 5.68. The van der Waals surface area contributed by atoms with E-state index in [2.05, 4.69) is 46.6 Å². The van der Waals surface area contributed by atoms with Gasteiger partial charge in [0.1, 0.15) is 12.2 Å². The van der Waals surface area contributed by atoms with Crippen LogP contribution in [0.15, 0.2) is 30.6 Å². The lowest BCUT2D eigenvalue weighted by molar-refractivity contribution is -0.159. The molecule has 0 radical (unpaired) electrons. The van der Waals surface area contributed by atoms with Crippen LogP contribution in [0, 0.1) is 0 Å². The molecule has 33 heavy (non-hydrogen) atoms. The zero-order valence-corrected chi connectivity index (χ0v) is 18.8. The van der Waals surface area contributed by atoms with Gasteiger partial charge in [-0.1, -0.05) is 19.1 Å². The molecule has 3 unspecified atom stereocenters. The fourth-order valence-electron chi connectivity index (χ4n) is 3.72. The molecular weight excluding hydrogens is 428 g/mol. The number of nitrogens with zero attached hydrogens (tertiary/aromatic N) is 2. The summed E-state index contributed by atoms with van der Waals surface area (Å²) in [4.78, 5) is 26.5. The van der Waals surface area contributed by atoms with E-state index in [1.807, 2.05) is 6.07 Å². The lowest BCUT2D eigenvalue weighted by atomic mass is 9.94. The second-order valence-electron chi connectivity index (χ2n) is 8.03. The van der Waals surface area contributed by atoms with Crippen molar-refractivity contribution in [3.8, 4) is 11.5 Å². The monoisotopic (exact) mass is 458 g/mol. The van der Waals surface area contributed by atoms with Crippen molar-refractivity contribution < 1.29 is 29.3 Å². The van der Waals surface area contributed by atoms with Gasteiger partial charge in [-0.05, 0) is 44.4 Å². The number of ether oxygens (including phenoxy) is 2. The van der Waals surface area contributed by atoms with Crippen LogP contribution < -0.4 is 20.1 Å². The predicted octanol–water partition coefficient (Wildman–Crippen LogP) is 2.30. The van der Waals surface area contributed by atoms with Gasteiger partial charge >= 0.3 is 11.9 Å². The van der Waals surface area contributed by atoms with Crippen LogP contribution in [-0.2, 0) is 16.0 Å². The second kappa shape index (κ2) is 11.5. The molecule has 0 saturated heterocycles. The van der Waals surface area contributed by atoms with E-state index in [1.165, 1.54) is 11.1 Å². The number of carboxylic acids is 2. The topological polar surface area (TPSA) is 143 Å². The maximum Gasteiger partial charge on any atom is 0.414 e. The van der Waals surface area contributed by atoms with Crippen LogP contribution in [0.4, 0.5) is 5.95 Å². The normalized spacial score (nSPS) is 20.2. The highest BCUT2D eigenvalue weighted by molar-refractivity contribution is 6.27. The number of aryl methyl sites for hydroxylation is 1. The molecule has 178 valence electrons. The summed E-state index contributed by atoms with van der Waals surface area (Å²) in [5.74, 6) is -0.588. The molecule has 0 spiro atoms. The maximum atomic E-state index is 9.10. The maximum absolute atomic E-state index is 9.10. The molecule has 0 amide bonds. The van der Waals surface area contributed by atoms with Gasteiger partial charge in [-0.2, -0.15) is 0 Å². The number of carbonyl (C=O) groups is 2. The fraction of sp³-hybridized carbons (Fsp3) is 0.478. The number of rotatable bonds is 7. The number of aliphatic carboxylic acids is 2. The molecule has 3 heterocycles. The quantitative estimate of drug-likeness (QED) is 0.360. The Bertz CT molecular complexity index is 943. The van der Waals surface area contributed by atoms with Crippen molar-refractivity contribution in [3.05, 3.63) is 41.7 Å². The van der Waals surface area contributed by atoms with Crippen LogP contribution in [0.3, 0.4) is 0 Å². The summed E-state index contributed by atoms with van der Waals surface area (Å²) in [7, 11) is 0. The SMILES string of the molecule is CC1Oc2c(ccc3c2OC(CNCCCNc2ncccn2)CC3)C1C.O=C(O)C(=O)O. The Labute approximate surface area is 192 Å². The van der Waals surface area contributed by atoms with Gasteiger partial charge < -0.3 is 30.3 Å². The van der Waals surface area contributed by atoms with Gasteiger partial charge in [0, 0.05) is 37.0 Å². The molecule has 2 aliphatic rings. The van der Waals surface area contributed by atoms with Crippen molar-refractivity contribution in [1.29, 1.82) is 0 Å². The van der Waals surface area contributed by atoms with E-state index < -0.39 is 11.9 Å². The summed E-state index contributed by atoms with van der Waals surface area (Å²) in [5, 5.41) is 21.5. The van der Waals surface area contributed by atoms with Crippen LogP contribution >= 0.6 is 0 Å². The van der Waals surface area contributed by atoms with Crippen LogP contribution in [0.1, 0.15) is 43.7 Å². The Morgan fingerprint density at radius 1 is 1.06 bits per heavy atom. The minimum absolute atomic E-state index is 0.198. The fourth-order valence-corrected chi connectivity index (χ4v) is 3.72. The summed E-state index contributed by atoms with van der Waals surface area (Å²) in [6.45, 7) is 7.00. The molecular formula is C23H30N4O6. The Balaban J connectivity index is 0.000000454. The molecule has 1 aromatic heterocycles. The van der Waals surface area contributed by atoms with Crippen LogP contribution in [0.25, 0.3) is 0 Å². The molecule has 4 N–H and O–H groups in total. The number of carboxylic acid groups (broad SMARTS) is 2. The molecule has 4 rings (SSSR count). The highest BCUT2D eigenvalue weighted by atomic mass is 16.5. The first kappa shape index (κ1) is 24.2. The predicted molar refractivity (Wildman–Crippen MR) is 121 cm³/mol. The molecule has 3 atom stereocenters. The Morgan fingerprint density at radius 2 is 1.79 bits per heavy atom. The highest BCUT2D eigenvalue weighted by Crippen LogP contribution is 2.47. The van der Waals surface area contributed by atoms with Crippen LogP contribution in [-0.4, -0.2) is 64.0 Å². The van der Waals surface area contributed by atoms with Crippen molar-refractivity contribution in [2.24, 2.45) is 0 Å². The van der Waals surface area contributed by atoms with Gasteiger partial charge in [0.15, 0.2) is 11.5 Å². The lowest BCUT2D eigenvalue weighted by Gasteiger charge is -2.27. The van der Waals surface area contributed by atoms with E-state index in [4.69, 9.17) is 29.3 Å². The summed E-state index contributed by atoms with van der Waals surface area (Å²) >= 11 is 0. The third-order valence-corrected chi connectivity index (χ3v) is 5.68. The minimum Gasteiger partial charge on any atom is -0.486 e. The number of hydrogen-bond donors (Lipinski definition) is 4. The van der Waals surface area contributed by atoms with E-state index in [1.54, 1.807) is 12.4 Å². The third kappa shape index (κ3) is 6.55. The molecule has 0 aliphatic carbocycles. The second-order valence-corrected chi connectivity index (χ2v) is 8.03. The Hall–Kier alpha value is -3.40. The number of nitrogens with one attached hydrogen (secondary N) is 2. The van der Waals surface area contributed by atoms with E-state index in [9.17, 15) is 0 Å². The Kier molecular flexibility index (Phi) is 8.42. The van der Waals surface area contributed by atoms with Crippen molar-refractivity contribution in [2.75, 3.05) is 25.0 Å². The molecule has 1 aromatic carbocycles. The van der Waals surface area contributed by atoms with Crippen molar-refractivity contribution in [3.63, 3.8) is 0 Å². The molecule has 10 heteroatoms. The van der Waals surface area contributed by atoms with E-state index >= 15 is 0 Å². The number of aromatic nitrogens is 2. The summed E-state index contributed by atoms with van der Waals surface area (Å²) in [6.07, 6.45) is 7.00. The van der Waals surface area contributed by atoms with Crippen LogP contribution in [0.2, 0.25) is 0 Å². The van der Waals surface area contributed by atoms with E-state index in [-0.39, 0.29) is 12.2 Å². The van der Waals surface area contributed by atoms with Gasteiger partial charge in [-0.3, -0.25) is 0 Å². The number of fused-ring (bicyclic) bond motifs is 3. The van der Waals surface area contributed by atoms with Gasteiger partial charge in [0.05, 0.1) is 0 Å². The number of hydrogen-bond acceptors (Lipinski definition) is 8. The zero-order chi connectivity index (χ0) is 23.8. The smallest absolute Gasteiger partial charge is 0.414 e. The molecule has 2 aliphatic heterocycles. The van der Waals surface area contributed by atoms with Gasteiger partial charge in [0.2, 0.25) is 5.95 Å². The molecule has 10 nitrogen and oxygen atoms in total. The largest absolute Gasteiger partial charge is 0.486 e. The lowest BCUT2D eigenvalue weighted by Crippen LogP contribution is -2.35. The molecule has 0 fully saturated rings. The first-order valence-corrected chi connectivity index (χ1v) is 11.0. The zero-order valence-electron chi connectivity index (χ0n) is 18.8. The van der Waals surface area contributed by atoms with Gasteiger partial charge in [0.25, 0.3) is 0 Å². The standard InChI is InChI=1S/C21H28N4O2.C2H2O4/c1-14-15(2)26-20-18(14)8-6-16-5-7-17(27-19(16)20)13-22-9-3-10-23-21-24-11-4-12-25-21;3-1(4)2(5)6/h4,6,8,11-12,14-15,17,22H,3,5,7,9-10,13H2,1-2H3,(H,23,24,25);(H,3,4)(H,5,6). The Morgan fingerprint density at radius 3 is 2.48 bits per heavy atom. The summed E-state index contributed by atoms with van der Waals surface area (Å²) in [6, 6.07) is 6.25. The van der Waals surface area contributed by atoms with E-state index in [0.29, 0.717) is 11.9 Å². The summed E-state index contributed by atoms with van der Waals surface area (Å²) in [5.41, 5.74) is 2.56. The average molecular weight is 459 g/mol. The van der Waals surface area contributed by atoms with Crippen molar-refractivity contribution in [1.82, 2.24) is 15.3 Å². The molecule has 2 aromatic rings. The van der Waals surface area contributed by atoms with Crippen molar-refractivity contribution in [2.45, 2.75) is 51.2 Å². The highest BCUT2D eigenvalue weighted by Gasteiger charge is 2.33. The van der Waals surface area contributed by atoms with E-state index in [0.717, 1.165) is 50.4 Å². The average Bonchev–Trinajstić information content (AvgIpc) is 3.11. The number of anilines is 1. The molecule has 0 bridgehead atoms. The minimum atomic E-state index is -1.82. The van der Waals surface area contributed by atoms with Gasteiger partial charge in [-0.15, -0.1) is 0 Å². The van der Waals surface area contributed by atoms with Gasteiger partial charge in [-0.25, -0.2) is 19.6 Å². The first-order chi connectivity index (χ1) is 15.9. The summed E-state index contributed by atoms with van der Waals surface area (Å²) < 4.78 is 12.4. The number of benzene rings is 1. The van der Waals surface area contributed by atoms with Crippen LogP contribution in [0.5, 0.6) is 11.5 Å². The van der Waals surface area contributed by atoms with Crippen molar-refractivity contribution >= 4 is 17.9 Å². The first-order valence-electron chi connectivity index (χ1n) is 11.0.